The highest BCUT2D eigenvalue weighted by Crippen LogP contribution is 2.21. The highest BCUT2D eigenvalue weighted by molar-refractivity contribution is 5.52. The minimum Gasteiger partial charge on any atom is -0.480 e. The smallest absolute Gasteiger partial charge is 0.237 e. The van der Waals surface area contributed by atoms with E-state index < -0.39 is 11.6 Å². The third kappa shape index (κ3) is 2.74. The molecule has 1 heterocycles. The van der Waals surface area contributed by atoms with Crippen LogP contribution in [-0.2, 0) is 6.54 Å². The van der Waals surface area contributed by atoms with E-state index in [1.54, 1.807) is 18.3 Å². The summed E-state index contributed by atoms with van der Waals surface area (Å²) in [5.74, 6) is -0.507. The van der Waals surface area contributed by atoms with Crippen LogP contribution >= 0.6 is 0 Å². The lowest BCUT2D eigenvalue weighted by Gasteiger charge is -2.10. The summed E-state index contributed by atoms with van der Waals surface area (Å²) in [6.07, 6.45) is 1.59. The summed E-state index contributed by atoms with van der Waals surface area (Å²) in [5, 5.41) is 2.95. The van der Waals surface area contributed by atoms with Crippen molar-refractivity contribution in [3.05, 3.63) is 53.7 Å². The molecule has 0 spiro atoms. The Bertz CT molecular complexity index is 546. The average molecular weight is 250 g/mol. The Kier molecular flexibility index (Phi) is 3.72. The summed E-state index contributed by atoms with van der Waals surface area (Å²) >= 11 is 0. The van der Waals surface area contributed by atoms with E-state index in [0.717, 1.165) is 18.2 Å². The number of nitrogens with zero attached hydrogens (tertiary/aromatic N) is 1. The summed E-state index contributed by atoms with van der Waals surface area (Å²) in [7, 11) is 1.50. The maximum atomic E-state index is 13.4. The fraction of sp³-hybridized carbons (Fsp3) is 0.154. The number of benzene rings is 1. The molecule has 1 N–H and O–H groups in total. The Hall–Kier alpha value is -2.17. The number of aromatic nitrogens is 1. The lowest BCUT2D eigenvalue weighted by atomic mass is 10.2. The van der Waals surface area contributed by atoms with E-state index in [9.17, 15) is 8.78 Å². The first-order chi connectivity index (χ1) is 8.70. The van der Waals surface area contributed by atoms with Crippen LogP contribution in [0.5, 0.6) is 5.88 Å². The molecule has 94 valence electrons. The van der Waals surface area contributed by atoms with Gasteiger partial charge in [0.05, 0.1) is 12.8 Å². The first kappa shape index (κ1) is 12.3. The van der Waals surface area contributed by atoms with Crippen molar-refractivity contribution in [1.29, 1.82) is 0 Å². The molecule has 3 nitrogen and oxygen atoms in total. The SMILES string of the molecule is COc1ncccc1NCc1cc(F)ccc1F. The minimum atomic E-state index is -0.466. The molecule has 0 aliphatic carbocycles. The number of pyridine rings is 1. The Balaban J connectivity index is 2.14. The van der Waals surface area contributed by atoms with E-state index in [-0.39, 0.29) is 12.1 Å². The maximum Gasteiger partial charge on any atom is 0.237 e. The second-order valence-corrected chi connectivity index (χ2v) is 3.65. The number of methoxy groups -OCH3 is 1. The molecule has 0 unspecified atom stereocenters. The second-order valence-electron chi connectivity index (χ2n) is 3.65. The summed E-state index contributed by atoms with van der Waals surface area (Å²) in [4.78, 5) is 4.00. The molecular formula is C13H12F2N2O. The number of hydrogen-bond donors (Lipinski definition) is 1. The van der Waals surface area contributed by atoms with Gasteiger partial charge < -0.3 is 10.1 Å². The van der Waals surface area contributed by atoms with Gasteiger partial charge in [0.15, 0.2) is 0 Å². The predicted molar refractivity (Wildman–Crippen MR) is 64.5 cm³/mol. The van der Waals surface area contributed by atoms with Gasteiger partial charge in [-0.3, -0.25) is 0 Å². The Morgan fingerprint density at radius 1 is 1.28 bits per heavy atom. The first-order valence-corrected chi connectivity index (χ1v) is 5.37. The molecule has 0 aliphatic rings. The molecule has 1 aromatic heterocycles. The monoisotopic (exact) mass is 250 g/mol. The molecular weight excluding hydrogens is 238 g/mol. The number of halogens is 2. The van der Waals surface area contributed by atoms with Gasteiger partial charge in [-0.05, 0) is 30.3 Å². The second kappa shape index (κ2) is 5.44. The van der Waals surface area contributed by atoms with Crippen molar-refractivity contribution >= 4 is 5.69 Å². The van der Waals surface area contributed by atoms with Gasteiger partial charge in [0, 0.05) is 18.3 Å². The van der Waals surface area contributed by atoms with Crippen molar-refractivity contribution in [3.63, 3.8) is 0 Å². The van der Waals surface area contributed by atoms with Crippen molar-refractivity contribution in [1.82, 2.24) is 4.98 Å². The number of anilines is 1. The molecule has 0 atom stereocenters. The fourth-order valence-electron chi connectivity index (χ4n) is 1.56. The van der Waals surface area contributed by atoms with Crippen LogP contribution in [0.1, 0.15) is 5.56 Å². The van der Waals surface area contributed by atoms with Gasteiger partial charge in [-0.25, -0.2) is 13.8 Å². The van der Waals surface area contributed by atoms with Crippen molar-refractivity contribution < 1.29 is 13.5 Å². The highest BCUT2D eigenvalue weighted by atomic mass is 19.1. The molecule has 0 saturated heterocycles. The van der Waals surface area contributed by atoms with Crippen LogP contribution in [0, 0.1) is 11.6 Å². The van der Waals surface area contributed by atoms with Crippen LogP contribution < -0.4 is 10.1 Å². The molecule has 18 heavy (non-hydrogen) atoms. The molecule has 0 aliphatic heterocycles. The van der Waals surface area contributed by atoms with E-state index >= 15 is 0 Å². The van der Waals surface area contributed by atoms with Gasteiger partial charge in [0.1, 0.15) is 11.6 Å². The largest absolute Gasteiger partial charge is 0.480 e. The predicted octanol–water partition coefficient (Wildman–Crippen LogP) is 2.98. The van der Waals surface area contributed by atoms with Crippen LogP contribution in [0.15, 0.2) is 36.5 Å². The number of ether oxygens (including phenoxy) is 1. The van der Waals surface area contributed by atoms with Crippen LogP contribution in [0.4, 0.5) is 14.5 Å². The molecule has 0 fully saturated rings. The number of rotatable bonds is 4. The molecule has 0 bridgehead atoms. The summed E-state index contributed by atoms with van der Waals surface area (Å²) in [6, 6.07) is 6.83. The van der Waals surface area contributed by atoms with Crippen molar-refractivity contribution in [2.45, 2.75) is 6.54 Å². The zero-order valence-electron chi connectivity index (χ0n) is 9.78. The molecule has 2 rings (SSSR count). The molecule has 0 radical (unpaired) electrons. The average Bonchev–Trinajstić information content (AvgIpc) is 2.40. The first-order valence-electron chi connectivity index (χ1n) is 5.37. The quantitative estimate of drug-likeness (QED) is 0.905. The van der Waals surface area contributed by atoms with Gasteiger partial charge in [0.25, 0.3) is 0 Å². The van der Waals surface area contributed by atoms with Crippen molar-refractivity contribution in [3.8, 4) is 5.88 Å². The van der Waals surface area contributed by atoms with E-state index in [1.165, 1.54) is 7.11 Å². The number of hydrogen-bond acceptors (Lipinski definition) is 3. The number of nitrogens with one attached hydrogen (secondary N) is 1. The third-order valence-corrected chi connectivity index (χ3v) is 2.44. The molecule has 1 aromatic carbocycles. The van der Waals surface area contributed by atoms with Crippen molar-refractivity contribution in [2.24, 2.45) is 0 Å². The van der Waals surface area contributed by atoms with Crippen LogP contribution in [0.2, 0.25) is 0 Å². The van der Waals surface area contributed by atoms with E-state index in [0.29, 0.717) is 11.6 Å². The maximum absolute atomic E-state index is 13.4. The minimum absolute atomic E-state index is 0.158. The normalized spacial score (nSPS) is 10.2. The topological polar surface area (TPSA) is 34.1 Å². The lowest BCUT2D eigenvalue weighted by Crippen LogP contribution is -2.04. The summed E-state index contributed by atoms with van der Waals surface area (Å²) in [5.41, 5.74) is 0.879. The van der Waals surface area contributed by atoms with Crippen LogP contribution in [-0.4, -0.2) is 12.1 Å². The zero-order valence-corrected chi connectivity index (χ0v) is 9.78. The standard InChI is InChI=1S/C13H12F2N2O/c1-18-13-12(3-2-6-16-13)17-8-9-7-10(14)4-5-11(9)15/h2-7,17H,8H2,1H3. The van der Waals surface area contributed by atoms with Gasteiger partial charge >= 0.3 is 0 Å². The Morgan fingerprint density at radius 3 is 2.89 bits per heavy atom. The van der Waals surface area contributed by atoms with E-state index in [2.05, 4.69) is 10.3 Å². The van der Waals surface area contributed by atoms with E-state index in [1.807, 2.05) is 0 Å². The van der Waals surface area contributed by atoms with E-state index in [4.69, 9.17) is 4.74 Å². The molecule has 0 amide bonds. The molecule has 5 heteroatoms. The van der Waals surface area contributed by atoms with Crippen LogP contribution in [0.25, 0.3) is 0 Å². The Labute approximate surface area is 103 Å². The van der Waals surface area contributed by atoms with Crippen LogP contribution in [0.3, 0.4) is 0 Å². The zero-order chi connectivity index (χ0) is 13.0. The molecule has 2 aromatic rings. The third-order valence-electron chi connectivity index (χ3n) is 2.44. The molecule has 0 saturated carbocycles. The lowest BCUT2D eigenvalue weighted by molar-refractivity contribution is 0.399. The van der Waals surface area contributed by atoms with Gasteiger partial charge in [0.2, 0.25) is 5.88 Å². The van der Waals surface area contributed by atoms with Gasteiger partial charge in [-0.1, -0.05) is 0 Å². The summed E-state index contributed by atoms with van der Waals surface area (Å²) < 4.78 is 31.4. The van der Waals surface area contributed by atoms with Gasteiger partial charge in [-0.15, -0.1) is 0 Å². The summed E-state index contributed by atoms with van der Waals surface area (Å²) in [6.45, 7) is 0.158. The highest BCUT2D eigenvalue weighted by Gasteiger charge is 2.06. The van der Waals surface area contributed by atoms with Crippen molar-refractivity contribution in [2.75, 3.05) is 12.4 Å². The van der Waals surface area contributed by atoms with Gasteiger partial charge in [-0.2, -0.15) is 0 Å². The Morgan fingerprint density at radius 2 is 2.11 bits per heavy atom. The fourth-order valence-corrected chi connectivity index (χ4v) is 1.56.